The Morgan fingerprint density at radius 3 is 2.33 bits per heavy atom. The van der Waals surface area contributed by atoms with Gasteiger partial charge in [0.05, 0.1) is 6.61 Å². The Kier molecular flexibility index (Phi) is 7.40. The highest BCUT2D eigenvalue weighted by Crippen LogP contribution is 2.61. The van der Waals surface area contributed by atoms with Crippen LogP contribution in [0.4, 0.5) is 8.78 Å². The van der Waals surface area contributed by atoms with Gasteiger partial charge in [0.1, 0.15) is 6.10 Å². The molecule has 0 radical (unpaired) electrons. The summed E-state index contributed by atoms with van der Waals surface area (Å²) in [4.78, 5) is 11.9. The largest absolute Gasteiger partial charge is 0.465 e. The molecule has 10 heteroatoms. The summed E-state index contributed by atoms with van der Waals surface area (Å²) in [5, 5.41) is -4.95. The molecule has 0 aromatic rings. The van der Waals surface area contributed by atoms with Crippen LogP contribution in [0.1, 0.15) is 77.6 Å². The molecule has 5 aliphatic rings. The summed E-state index contributed by atoms with van der Waals surface area (Å²) in [6.07, 6.45) is 10.4. The normalized spacial score (nSPS) is 35.5. The van der Waals surface area contributed by atoms with E-state index in [2.05, 4.69) is 0 Å². The molecule has 0 amide bonds. The molecule has 4 bridgehead atoms. The molecule has 5 rings (SSSR count). The van der Waals surface area contributed by atoms with Crippen LogP contribution in [-0.2, 0) is 29.1 Å². The summed E-state index contributed by atoms with van der Waals surface area (Å²) >= 11 is 0. The van der Waals surface area contributed by atoms with Crippen LogP contribution in [0.5, 0.6) is 0 Å². The van der Waals surface area contributed by atoms with Crippen molar-refractivity contribution in [3.05, 3.63) is 0 Å². The van der Waals surface area contributed by atoms with Crippen LogP contribution >= 0.6 is 0 Å². The summed E-state index contributed by atoms with van der Waals surface area (Å²) < 4.78 is 74.8. The van der Waals surface area contributed by atoms with E-state index >= 15 is 0 Å². The fraction of sp³-hybridized carbons (Fsp3) is 0.957. The molecule has 0 aliphatic heterocycles. The second kappa shape index (κ2) is 9.66. The van der Waals surface area contributed by atoms with E-state index in [4.69, 9.17) is 18.8 Å². The number of ether oxygens (including phenoxy) is 3. The molecular formula is C23H36F2O7S. The van der Waals surface area contributed by atoms with Gasteiger partial charge in [-0.25, -0.2) is 4.79 Å². The van der Waals surface area contributed by atoms with Gasteiger partial charge < -0.3 is 14.2 Å². The minimum absolute atomic E-state index is 0.0913. The zero-order chi connectivity index (χ0) is 23.9. The summed E-state index contributed by atoms with van der Waals surface area (Å²) in [5.74, 6) is -1.23. The highest BCUT2D eigenvalue weighted by atomic mass is 32.2. The van der Waals surface area contributed by atoms with Crippen LogP contribution in [0.15, 0.2) is 0 Å². The summed E-state index contributed by atoms with van der Waals surface area (Å²) in [7, 11) is -5.87. The number of rotatable bonds is 10. The van der Waals surface area contributed by atoms with Gasteiger partial charge in [-0.2, -0.15) is 17.2 Å². The van der Waals surface area contributed by atoms with Crippen molar-refractivity contribution >= 4 is 16.1 Å². The first-order valence-electron chi connectivity index (χ1n) is 12.3. The van der Waals surface area contributed by atoms with Crippen molar-refractivity contribution in [3.63, 3.8) is 0 Å². The maximum absolute atomic E-state index is 13.7. The van der Waals surface area contributed by atoms with Crippen molar-refractivity contribution in [1.29, 1.82) is 0 Å². The zero-order valence-corrected chi connectivity index (χ0v) is 20.0. The van der Waals surface area contributed by atoms with Crippen LogP contribution in [0.25, 0.3) is 0 Å². The second-order valence-electron chi connectivity index (χ2n) is 10.9. The zero-order valence-electron chi connectivity index (χ0n) is 19.2. The quantitative estimate of drug-likeness (QED) is 0.270. The predicted molar refractivity (Wildman–Crippen MR) is 115 cm³/mol. The third-order valence-corrected chi connectivity index (χ3v) is 9.16. The van der Waals surface area contributed by atoms with Crippen molar-refractivity contribution in [2.75, 3.05) is 13.2 Å². The summed E-state index contributed by atoms with van der Waals surface area (Å²) in [6.45, 7) is 3.11. The number of carbonyl (C=O) groups excluding carboxylic acids is 1. The fourth-order valence-corrected chi connectivity index (χ4v) is 7.29. The highest BCUT2D eigenvalue weighted by molar-refractivity contribution is 7.87. The standard InChI is InChI=1S/C23H36F2O7S/c1-15(30-8-7-16-5-3-2-4-6-16)31-14-22-11-17-9-18(12-22)20(19(10-17)13-22)32-21(26)23(24,25)33(27,28)29/h15-20H,2-14H2,1H3,(H,27,28,29). The lowest BCUT2D eigenvalue weighted by molar-refractivity contribution is -0.213. The minimum Gasteiger partial charge on any atom is -0.456 e. The smallest absolute Gasteiger partial charge is 0.456 e. The molecule has 33 heavy (non-hydrogen) atoms. The van der Waals surface area contributed by atoms with Gasteiger partial charge in [-0.15, -0.1) is 0 Å². The average molecular weight is 495 g/mol. The lowest BCUT2D eigenvalue weighted by Gasteiger charge is -2.59. The number of esters is 1. The van der Waals surface area contributed by atoms with Crippen molar-refractivity contribution in [2.45, 2.75) is 95.2 Å². The Bertz CT molecular complexity index is 796. The molecule has 5 aliphatic carbocycles. The van der Waals surface area contributed by atoms with Gasteiger partial charge in [0.25, 0.3) is 0 Å². The lowest BCUT2D eigenvalue weighted by atomic mass is 9.49. The summed E-state index contributed by atoms with van der Waals surface area (Å²) in [5.41, 5.74) is -0.0913. The maximum Gasteiger partial charge on any atom is 0.465 e. The first-order chi connectivity index (χ1) is 15.5. The topological polar surface area (TPSA) is 99.1 Å². The van der Waals surface area contributed by atoms with E-state index in [0.717, 1.165) is 31.6 Å². The Balaban J connectivity index is 1.27. The number of alkyl halides is 2. The molecular weight excluding hydrogens is 458 g/mol. The molecule has 0 heterocycles. The van der Waals surface area contributed by atoms with E-state index in [1.54, 1.807) is 0 Å². The van der Waals surface area contributed by atoms with Crippen LogP contribution < -0.4 is 0 Å². The van der Waals surface area contributed by atoms with E-state index < -0.39 is 27.4 Å². The number of carbonyl (C=O) groups is 1. The second-order valence-corrected chi connectivity index (χ2v) is 12.3. The van der Waals surface area contributed by atoms with Gasteiger partial charge in [0.15, 0.2) is 6.29 Å². The van der Waals surface area contributed by atoms with Gasteiger partial charge in [0, 0.05) is 6.61 Å². The van der Waals surface area contributed by atoms with Gasteiger partial charge in [0.2, 0.25) is 0 Å². The van der Waals surface area contributed by atoms with Crippen molar-refractivity contribution in [3.8, 4) is 0 Å². The maximum atomic E-state index is 13.7. The third kappa shape index (κ3) is 5.54. The van der Waals surface area contributed by atoms with Crippen LogP contribution in [0, 0.1) is 29.1 Å². The molecule has 3 unspecified atom stereocenters. The van der Waals surface area contributed by atoms with Gasteiger partial charge in [-0.3, -0.25) is 4.55 Å². The Labute approximate surface area is 194 Å². The van der Waals surface area contributed by atoms with Gasteiger partial charge in [-0.05, 0) is 74.5 Å². The van der Waals surface area contributed by atoms with E-state index in [-0.39, 0.29) is 23.5 Å². The Hall–Kier alpha value is -0.840. The van der Waals surface area contributed by atoms with Crippen molar-refractivity contribution in [2.24, 2.45) is 29.1 Å². The first-order valence-corrected chi connectivity index (χ1v) is 13.7. The van der Waals surface area contributed by atoms with E-state index in [1.165, 1.54) is 32.1 Å². The molecule has 1 N–H and O–H groups in total. The van der Waals surface area contributed by atoms with Gasteiger partial charge in [-0.1, -0.05) is 32.1 Å². The molecule has 3 atom stereocenters. The lowest BCUT2D eigenvalue weighted by Crippen LogP contribution is -2.57. The Morgan fingerprint density at radius 2 is 1.73 bits per heavy atom. The third-order valence-electron chi connectivity index (χ3n) is 8.35. The van der Waals surface area contributed by atoms with E-state index in [9.17, 15) is 22.0 Å². The van der Waals surface area contributed by atoms with E-state index in [0.29, 0.717) is 32.0 Å². The average Bonchev–Trinajstić information content (AvgIpc) is 2.74. The van der Waals surface area contributed by atoms with Crippen LogP contribution in [0.2, 0.25) is 0 Å². The van der Waals surface area contributed by atoms with Gasteiger partial charge >= 0.3 is 21.3 Å². The number of halogens is 2. The number of hydrogen-bond donors (Lipinski definition) is 1. The van der Waals surface area contributed by atoms with E-state index in [1.807, 2.05) is 6.92 Å². The predicted octanol–water partition coefficient (Wildman–Crippen LogP) is 4.55. The molecule has 7 nitrogen and oxygen atoms in total. The molecule has 0 saturated heterocycles. The summed E-state index contributed by atoms with van der Waals surface area (Å²) in [6, 6.07) is 0. The molecule has 190 valence electrons. The minimum atomic E-state index is -5.87. The number of hydrogen-bond acceptors (Lipinski definition) is 6. The molecule has 5 saturated carbocycles. The fourth-order valence-electron chi connectivity index (χ4n) is 7.03. The van der Waals surface area contributed by atoms with Crippen molar-refractivity contribution in [1.82, 2.24) is 0 Å². The molecule has 5 fully saturated rings. The SMILES string of the molecule is CC(OCCC1CCCCC1)OCC12CC3CC(C1)C(OC(=O)C(F)(F)S(=O)(=O)O)C(C3)C2. The van der Waals surface area contributed by atoms with Crippen LogP contribution in [0.3, 0.4) is 0 Å². The first kappa shape index (κ1) is 25.3. The Morgan fingerprint density at radius 1 is 1.09 bits per heavy atom. The monoisotopic (exact) mass is 494 g/mol. The molecule has 0 spiro atoms. The highest BCUT2D eigenvalue weighted by Gasteiger charge is 2.60. The van der Waals surface area contributed by atoms with Crippen molar-refractivity contribution < 1.29 is 40.8 Å². The molecule has 0 aromatic heterocycles. The molecule has 0 aromatic carbocycles. The van der Waals surface area contributed by atoms with Crippen LogP contribution in [-0.4, -0.2) is 49.8 Å².